The summed E-state index contributed by atoms with van der Waals surface area (Å²) in [6.45, 7) is 4.28. The molecule has 0 radical (unpaired) electrons. The molecule has 0 saturated carbocycles. The van der Waals surface area contributed by atoms with Crippen molar-refractivity contribution >= 4 is 28.7 Å². The van der Waals surface area contributed by atoms with E-state index in [4.69, 9.17) is 0 Å². The number of rotatable bonds is 6. The zero-order valence-corrected chi connectivity index (χ0v) is 20.8. The number of benzene rings is 3. The summed E-state index contributed by atoms with van der Waals surface area (Å²) in [4.78, 5) is 30.0. The smallest absolute Gasteiger partial charge is 0.257 e. The molecule has 0 fully saturated rings. The number of aliphatic imine (C=N–C) groups is 1. The maximum absolute atomic E-state index is 13.1. The first kappa shape index (κ1) is 23.9. The van der Waals surface area contributed by atoms with Crippen LogP contribution in [0.3, 0.4) is 0 Å². The summed E-state index contributed by atoms with van der Waals surface area (Å²) in [5.74, 6) is 0.437. The van der Waals surface area contributed by atoms with Gasteiger partial charge in [-0.2, -0.15) is 0 Å². The normalized spacial score (nSPS) is 11.5. The van der Waals surface area contributed by atoms with Crippen LogP contribution in [0.2, 0.25) is 0 Å². The summed E-state index contributed by atoms with van der Waals surface area (Å²) in [7, 11) is 0. The summed E-state index contributed by atoms with van der Waals surface area (Å²) >= 11 is 0. The second kappa shape index (κ2) is 10.9. The molecule has 37 heavy (non-hydrogen) atoms. The zero-order valence-electron chi connectivity index (χ0n) is 20.8. The molecule has 0 aliphatic rings. The van der Waals surface area contributed by atoms with E-state index in [0.29, 0.717) is 30.4 Å². The molecule has 7 heteroatoms. The fourth-order valence-corrected chi connectivity index (χ4v) is 4.25. The number of aryl methyl sites for hydroxylation is 2. The summed E-state index contributed by atoms with van der Waals surface area (Å²) in [5.41, 5.74) is 6.60. The van der Waals surface area contributed by atoms with Crippen LogP contribution in [0.5, 0.6) is 0 Å². The van der Waals surface area contributed by atoms with E-state index in [1.54, 1.807) is 0 Å². The monoisotopic (exact) mass is 488 g/mol. The van der Waals surface area contributed by atoms with Crippen LogP contribution in [-0.4, -0.2) is 33.4 Å². The number of hydrogen-bond donors (Lipinski definition) is 3. The number of para-hydroxylation sites is 1. The van der Waals surface area contributed by atoms with Gasteiger partial charge in [-0.1, -0.05) is 60.7 Å². The third-order valence-electron chi connectivity index (χ3n) is 6.02. The van der Waals surface area contributed by atoms with Crippen molar-refractivity contribution in [1.29, 1.82) is 0 Å². The number of aromatic amines is 1. The van der Waals surface area contributed by atoms with Gasteiger partial charge in [0.15, 0.2) is 0 Å². The number of amides is 1. The maximum Gasteiger partial charge on any atom is 0.257 e. The minimum atomic E-state index is -0.262. The van der Waals surface area contributed by atoms with Crippen molar-refractivity contribution in [1.82, 2.24) is 20.3 Å². The molecular weight excluding hydrogens is 460 g/mol. The molecule has 0 saturated heterocycles. The molecule has 5 aromatic rings. The first-order chi connectivity index (χ1) is 18.0. The minimum Gasteiger partial charge on any atom is -0.361 e. The van der Waals surface area contributed by atoms with Gasteiger partial charge in [0, 0.05) is 40.6 Å². The third-order valence-corrected chi connectivity index (χ3v) is 6.02. The minimum absolute atomic E-state index is 0.262. The topological polar surface area (TPSA) is 95.1 Å². The van der Waals surface area contributed by atoms with Gasteiger partial charge in [-0.25, -0.2) is 9.97 Å². The van der Waals surface area contributed by atoms with Crippen molar-refractivity contribution in [3.63, 3.8) is 0 Å². The van der Waals surface area contributed by atoms with Gasteiger partial charge in [-0.3, -0.25) is 20.4 Å². The van der Waals surface area contributed by atoms with Crippen molar-refractivity contribution < 1.29 is 4.79 Å². The van der Waals surface area contributed by atoms with Gasteiger partial charge in [0.1, 0.15) is 0 Å². The van der Waals surface area contributed by atoms with Crippen LogP contribution in [0.25, 0.3) is 22.0 Å². The number of hydrogen-bond acceptors (Lipinski definition) is 4. The Morgan fingerprint density at radius 1 is 0.865 bits per heavy atom. The number of aromatic nitrogens is 3. The quantitative estimate of drug-likeness (QED) is 0.212. The van der Waals surface area contributed by atoms with Crippen molar-refractivity contribution in [2.75, 3.05) is 11.9 Å². The molecule has 3 aromatic carbocycles. The van der Waals surface area contributed by atoms with E-state index in [0.717, 1.165) is 28.0 Å². The Morgan fingerprint density at radius 3 is 2.30 bits per heavy atom. The number of H-pyrrole nitrogens is 1. The van der Waals surface area contributed by atoms with Gasteiger partial charge in [0.25, 0.3) is 5.91 Å². The van der Waals surface area contributed by atoms with Crippen LogP contribution < -0.4 is 10.6 Å². The van der Waals surface area contributed by atoms with E-state index in [1.165, 1.54) is 10.9 Å². The molecule has 1 amide bonds. The molecule has 0 spiro atoms. The summed E-state index contributed by atoms with van der Waals surface area (Å²) in [5, 5.41) is 7.19. The molecule has 0 aliphatic heterocycles. The maximum atomic E-state index is 13.1. The van der Waals surface area contributed by atoms with Gasteiger partial charge < -0.3 is 4.98 Å². The predicted octanol–water partition coefficient (Wildman–Crippen LogP) is 5.68. The molecule has 0 aliphatic carbocycles. The first-order valence-electron chi connectivity index (χ1n) is 12.2. The number of fused-ring (bicyclic) bond motifs is 1. The van der Waals surface area contributed by atoms with Crippen molar-refractivity contribution in [3.8, 4) is 11.1 Å². The highest BCUT2D eigenvalue weighted by Crippen LogP contribution is 2.20. The zero-order chi connectivity index (χ0) is 25.6. The SMILES string of the molecule is Cc1cc(C)nc(NC(=NCCc2c[nH]c3ccccc23)NC(=O)c2ccc(-c3ccccc3)cc2)n1. The number of carbonyl (C=O) groups excluding carboxylic acids is 1. The second-order valence-corrected chi connectivity index (χ2v) is 8.84. The fraction of sp³-hybridized carbons (Fsp3) is 0.133. The molecule has 0 bridgehead atoms. The Bertz CT molecular complexity index is 1530. The summed E-state index contributed by atoms with van der Waals surface area (Å²) in [6, 6.07) is 27.6. The molecule has 7 nitrogen and oxygen atoms in total. The lowest BCUT2D eigenvalue weighted by Crippen LogP contribution is -2.37. The van der Waals surface area contributed by atoms with Gasteiger partial charge in [-0.05, 0) is 61.2 Å². The van der Waals surface area contributed by atoms with E-state index >= 15 is 0 Å². The highest BCUT2D eigenvalue weighted by atomic mass is 16.1. The van der Waals surface area contributed by atoms with E-state index in [-0.39, 0.29) is 5.91 Å². The Hall–Kier alpha value is -4.78. The average molecular weight is 489 g/mol. The van der Waals surface area contributed by atoms with Crippen molar-refractivity contribution in [2.24, 2.45) is 4.99 Å². The average Bonchev–Trinajstić information content (AvgIpc) is 3.32. The molecule has 2 aromatic heterocycles. The largest absolute Gasteiger partial charge is 0.361 e. The van der Waals surface area contributed by atoms with Crippen LogP contribution in [0.15, 0.2) is 96.1 Å². The van der Waals surface area contributed by atoms with Crippen LogP contribution >= 0.6 is 0 Å². The Labute approximate surface area is 215 Å². The lowest BCUT2D eigenvalue weighted by atomic mass is 10.0. The van der Waals surface area contributed by atoms with Crippen LogP contribution in [-0.2, 0) is 6.42 Å². The molecule has 184 valence electrons. The van der Waals surface area contributed by atoms with Gasteiger partial charge in [0.05, 0.1) is 0 Å². The summed E-state index contributed by atoms with van der Waals surface area (Å²) in [6.07, 6.45) is 2.72. The third kappa shape index (κ3) is 5.90. The van der Waals surface area contributed by atoms with Gasteiger partial charge >= 0.3 is 0 Å². The standard InChI is InChI=1S/C30H28N6O/c1-20-18-21(2)34-30(33-20)36-29(31-17-16-25-19-32-27-11-7-6-10-26(25)27)35-28(37)24-14-12-23(13-15-24)22-8-4-3-5-9-22/h3-15,18-19,32H,16-17H2,1-2H3,(H2,31,33,34,35,36,37). The van der Waals surface area contributed by atoms with Crippen LogP contribution in [0.4, 0.5) is 5.95 Å². The molecule has 2 heterocycles. The number of anilines is 1. The van der Waals surface area contributed by atoms with E-state index < -0.39 is 0 Å². The summed E-state index contributed by atoms with van der Waals surface area (Å²) < 4.78 is 0. The van der Waals surface area contributed by atoms with Crippen molar-refractivity contribution in [3.05, 3.63) is 114 Å². The van der Waals surface area contributed by atoms with Crippen molar-refractivity contribution in [2.45, 2.75) is 20.3 Å². The fourth-order valence-electron chi connectivity index (χ4n) is 4.25. The van der Waals surface area contributed by atoms with Gasteiger partial charge in [-0.15, -0.1) is 0 Å². The number of nitrogens with one attached hydrogen (secondary N) is 3. The van der Waals surface area contributed by atoms with Crippen LogP contribution in [0.1, 0.15) is 27.3 Å². The Morgan fingerprint density at radius 2 is 1.54 bits per heavy atom. The second-order valence-electron chi connectivity index (χ2n) is 8.84. The molecular formula is C30H28N6O. The van der Waals surface area contributed by atoms with Gasteiger partial charge in [0.2, 0.25) is 11.9 Å². The lowest BCUT2D eigenvalue weighted by molar-refractivity contribution is 0.0977. The Kier molecular flexibility index (Phi) is 7.03. The first-order valence-corrected chi connectivity index (χ1v) is 12.2. The molecule has 0 atom stereocenters. The van der Waals surface area contributed by atoms with E-state index in [1.807, 2.05) is 92.8 Å². The highest BCUT2D eigenvalue weighted by Gasteiger charge is 2.12. The number of nitrogens with zero attached hydrogens (tertiary/aromatic N) is 3. The number of guanidine groups is 1. The van der Waals surface area contributed by atoms with Crippen LogP contribution in [0, 0.1) is 13.8 Å². The molecule has 3 N–H and O–H groups in total. The van der Waals surface area contributed by atoms with E-state index in [9.17, 15) is 4.79 Å². The predicted molar refractivity (Wildman–Crippen MR) is 149 cm³/mol. The molecule has 0 unspecified atom stereocenters. The number of carbonyl (C=O) groups is 1. The van der Waals surface area contributed by atoms with E-state index in [2.05, 4.69) is 42.7 Å². The highest BCUT2D eigenvalue weighted by molar-refractivity contribution is 6.09. The Balaban J connectivity index is 1.34. The lowest BCUT2D eigenvalue weighted by Gasteiger charge is -2.12. The molecule has 5 rings (SSSR count).